The zero-order valence-electron chi connectivity index (χ0n) is 21.4. The number of ether oxygens (including phenoxy) is 1. The van der Waals surface area contributed by atoms with Crippen molar-refractivity contribution < 1.29 is 19.1 Å². The number of rotatable bonds is 5. The molecule has 9 nitrogen and oxygen atoms in total. The third kappa shape index (κ3) is 5.55. The quantitative estimate of drug-likeness (QED) is 0.692. The molecule has 9 heteroatoms. The molecule has 1 atom stereocenters. The van der Waals surface area contributed by atoms with E-state index in [1.165, 1.54) is 0 Å². The van der Waals surface area contributed by atoms with E-state index in [2.05, 4.69) is 10.2 Å². The maximum Gasteiger partial charge on any atom is 0.408 e. The molecular formula is C26H37N5O4. The summed E-state index contributed by atoms with van der Waals surface area (Å²) in [5.41, 5.74) is -0.114. The van der Waals surface area contributed by atoms with E-state index in [1.54, 1.807) is 27.7 Å². The monoisotopic (exact) mass is 483 g/mol. The van der Waals surface area contributed by atoms with E-state index in [4.69, 9.17) is 4.74 Å². The topological polar surface area (TPSA) is 85.4 Å². The summed E-state index contributed by atoms with van der Waals surface area (Å²) in [4.78, 5) is 47.2. The number of hydrogen-bond donors (Lipinski definition) is 1. The van der Waals surface area contributed by atoms with Gasteiger partial charge in [-0.05, 0) is 46.1 Å². The lowest BCUT2D eigenvalue weighted by atomic mass is 9.90. The first-order valence-corrected chi connectivity index (χ1v) is 12.3. The summed E-state index contributed by atoms with van der Waals surface area (Å²) < 4.78 is 5.47. The molecule has 1 aromatic carbocycles. The Morgan fingerprint density at radius 1 is 1.06 bits per heavy atom. The minimum absolute atomic E-state index is 0.0691. The molecule has 0 radical (unpaired) electrons. The van der Waals surface area contributed by atoms with Gasteiger partial charge in [0.1, 0.15) is 16.8 Å². The van der Waals surface area contributed by atoms with E-state index in [-0.39, 0.29) is 17.9 Å². The SMILES string of the molecule is CN1C=C2C(=O)N(C3CCN(C(=O)C(C)(Cc4ccccc4)NC(=O)OC(C)(C)C)CC3)CN2C1. The van der Waals surface area contributed by atoms with Crippen LogP contribution in [0.3, 0.4) is 0 Å². The van der Waals surface area contributed by atoms with E-state index >= 15 is 0 Å². The Hall–Kier alpha value is -3.23. The van der Waals surface area contributed by atoms with Crippen molar-refractivity contribution in [3.05, 3.63) is 47.8 Å². The van der Waals surface area contributed by atoms with Gasteiger partial charge >= 0.3 is 6.09 Å². The van der Waals surface area contributed by atoms with Gasteiger partial charge in [0.25, 0.3) is 5.91 Å². The summed E-state index contributed by atoms with van der Waals surface area (Å²) in [5, 5.41) is 2.86. The van der Waals surface area contributed by atoms with E-state index in [0.29, 0.717) is 39.0 Å². The van der Waals surface area contributed by atoms with Crippen molar-refractivity contribution in [2.75, 3.05) is 33.5 Å². The van der Waals surface area contributed by atoms with Crippen LogP contribution < -0.4 is 5.32 Å². The average molecular weight is 484 g/mol. The van der Waals surface area contributed by atoms with Gasteiger partial charge in [0, 0.05) is 38.8 Å². The van der Waals surface area contributed by atoms with Crippen LogP contribution in [0.5, 0.6) is 0 Å². The van der Waals surface area contributed by atoms with Crippen molar-refractivity contribution in [2.24, 2.45) is 0 Å². The zero-order valence-corrected chi connectivity index (χ0v) is 21.4. The molecule has 1 unspecified atom stereocenters. The fraction of sp³-hybridized carbons (Fsp3) is 0.577. The molecule has 4 rings (SSSR count). The molecule has 1 aromatic rings. The Morgan fingerprint density at radius 2 is 1.71 bits per heavy atom. The maximum absolute atomic E-state index is 13.8. The highest BCUT2D eigenvalue weighted by Gasteiger charge is 2.44. The normalized spacial score (nSPS) is 20.5. The lowest BCUT2D eigenvalue weighted by Crippen LogP contribution is -2.61. The van der Waals surface area contributed by atoms with E-state index < -0.39 is 17.2 Å². The van der Waals surface area contributed by atoms with Crippen LogP contribution >= 0.6 is 0 Å². The van der Waals surface area contributed by atoms with Crippen molar-refractivity contribution in [3.8, 4) is 0 Å². The van der Waals surface area contributed by atoms with Crippen LogP contribution in [0, 0.1) is 0 Å². The van der Waals surface area contributed by atoms with Gasteiger partial charge in [-0.2, -0.15) is 0 Å². The number of carbonyl (C=O) groups is 3. The van der Waals surface area contributed by atoms with Gasteiger partial charge in [-0.15, -0.1) is 0 Å². The van der Waals surface area contributed by atoms with Gasteiger partial charge in [-0.3, -0.25) is 9.59 Å². The molecule has 0 aliphatic carbocycles. The number of piperidine rings is 1. The Kier molecular flexibility index (Phi) is 6.71. The van der Waals surface area contributed by atoms with E-state index in [0.717, 1.165) is 17.9 Å². The first-order valence-electron chi connectivity index (χ1n) is 12.3. The number of nitrogens with zero attached hydrogens (tertiary/aromatic N) is 4. The second-order valence-corrected chi connectivity index (χ2v) is 11.0. The third-order valence-electron chi connectivity index (χ3n) is 6.72. The predicted octanol–water partition coefficient (Wildman–Crippen LogP) is 2.35. The number of alkyl carbamates (subject to hydrolysis) is 1. The molecule has 0 spiro atoms. The van der Waals surface area contributed by atoms with Gasteiger partial charge in [0.15, 0.2) is 0 Å². The lowest BCUT2D eigenvalue weighted by Gasteiger charge is -2.41. The number of likely N-dealkylation sites (tertiary alicyclic amines) is 1. The van der Waals surface area contributed by atoms with Gasteiger partial charge in [-0.1, -0.05) is 30.3 Å². The highest BCUT2D eigenvalue weighted by atomic mass is 16.6. The predicted molar refractivity (Wildman–Crippen MR) is 132 cm³/mol. The Labute approximate surface area is 207 Å². The molecule has 190 valence electrons. The second kappa shape index (κ2) is 9.43. The molecule has 3 heterocycles. The number of fused-ring (bicyclic) bond motifs is 1. The third-order valence-corrected chi connectivity index (χ3v) is 6.72. The molecule has 3 aliphatic rings. The molecule has 0 saturated carbocycles. The van der Waals surface area contributed by atoms with Crippen LogP contribution in [0.15, 0.2) is 42.2 Å². The van der Waals surface area contributed by atoms with Crippen LogP contribution in [-0.4, -0.2) is 88.2 Å². The van der Waals surface area contributed by atoms with Crippen molar-refractivity contribution in [3.63, 3.8) is 0 Å². The minimum Gasteiger partial charge on any atom is -0.444 e. The molecule has 2 saturated heterocycles. The van der Waals surface area contributed by atoms with Gasteiger partial charge in [0.2, 0.25) is 5.91 Å². The molecular weight excluding hydrogens is 446 g/mol. The first kappa shape index (κ1) is 24.9. The minimum atomic E-state index is -1.15. The first-order chi connectivity index (χ1) is 16.4. The van der Waals surface area contributed by atoms with E-state index in [9.17, 15) is 14.4 Å². The average Bonchev–Trinajstić information content (AvgIpc) is 3.29. The molecule has 1 N–H and O–H groups in total. The number of hydrogen-bond acceptors (Lipinski definition) is 6. The van der Waals surface area contributed by atoms with Crippen LogP contribution in [0.1, 0.15) is 46.1 Å². The number of nitrogens with one attached hydrogen (secondary N) is 1. The van der Waals surface area contributed by atoms with Gasteiger partial charge in [-0.25, -0.2) is 4.79 Å². The fourth-order valence-corrected chi connectivity index (χ4v) is 5.10. The van der Waals surface area contributed by atoms with Crippen molar-refractivity contribution in [2.45, 2.75) is 64.1 Å². The largest absolute Gasteiger partial charge is 0.444 e. The summed E-state index contributed by atoms with van der Waals surface area (Å²) in [6, 6.07) is 9.77. The Bertz CT molecular complexity index is 997. The summed E-state index contributed by atoms with van der Waals surface area (Å²) in [6.07, 6.45) is 3.07. The summed E-state index contributed by atoms with van der Waals surface area (Å²) >= 11 is 0. The molecule has 0 aromatic heterocycles. The summed E-state index contributed by atoms with van der Waals surface area (Å²) in [5.74, 6) is -0.0667. The Morgan fingerprint density at radius 3 is 2.31 bits per heavy atom. The van der Waals surface area contributed by atoms with Gasteiger partial charge in [0.05, 0.1) is 13.3 Å². The van der Waals surface area contributed by atoms with E-state index in [1.807, 2.05) is 58.3 Å². The van der Waals surface area contributed by atoms with Crippen molar-refractivity contribution in [1.82, 2.24) is 24.9 Å². The van der Waals surface area contributed by atoms with Crippen molar-refractivity contribution in [1.29, 1.82) is 0 Å². The fourth-order valence-electron chi connectivity index (χ4n) is 5.10. The number of benzene rings is 1. The second-order valence-electron chi connectivity index (χ2n) is 11.0. The summed E-state index contributed by atoms with van der Waals surface area (Å²) in [7, 11) is 1.96. The molecule has 35 heavy (non-hydrogen) atoms. The molecule has 3 amide bonds. The number of carbonyl (C=O) groups excluding carboxylic acids is 3. The maximum atomic E-state index is 13.8. The standard InChI is InChI=1S/C26H37N5O4/c1-25(2,3)35-24(34)27-26(4,15-19-9-7-6-8-10-19)23(33)29-13-11-20(12-14-29)31-18-30-17-28(5)16-21(30)22(31)32/h6-10,16,20H,11-15,17-18H2,1-5H3,(H,27,34). The zero-order chi connectivity index (χ0) is 25.4. The van der Waals surface area contributed by atoms with Crippen LogP contribution in [0.2, 0.25) is 0 Å². The lowest BCUT2D eigenvalue weighted by molar-refractivity contribution is -0.140. The molecule has 3 aliphatic heterocycles. The van der Waals surface area contributed by atoms with Crippen LogP contribution in [0.4, 0.5) is 4.79 Å². The highest BCUT2D eigenvalue weighted by Crippen LogP contribution is 2.30. The molecule has 0 bridgehead atoms. The van der Waals surface area contributed by atoms with Crippen molar-refractivity contribution >= 4 is 17.9 Å². The summed E-state index contributed by atoms with van der Waals surface area (Å²) in [6.45, 7) is 9.55. The van der Waals surface area contributed by atoms with Crippen LogP contribution in [0.25, 0.3) is 0 Å². The highest BCUT2D eigenvalue weighted by molar-refractivity contribution is 5.95. The Balaban J connectivity index is 1.43. The van der Waals surface area contributed by atoms with Crippen LogP contribution in [-0.2, 0) is 20.7 Å². The number of amides is 3. The smallest absolute Gasteiger partial charge is 0.408 e. The van der Waals surface area contributed by atoms with Gasteiger partial charge < -0.3 is 29.7 Å². The molecule has 2 fully saturated rings.